The molecule has 35 heavy (non-hydrogen) atoms. The fourth-order valence-electron chi connectivity index (χ4n) is 3.87. The summed E-state index contributed by atoms with van der Waals surface area (Å²) >= 11 is 0. The number of halogens is 1. The van der Waals surface area contributed by atoms with Crippen LogP contribution >= 0.6 is 0 Å². The Hall–Kier alpha value is -3.46. The van der Waals surface area contributed by atoms with Crippen LogP contribution in [0.2, 0.25) is 0 Å². The lowest BCUT2D eigenvalue weighted by atomic mass is 9.97. The maximum atomic E-state index is 14.6. The fourth-order valence-corrected chi connectivity index (χ4v) is 3.87. The average molecular weight is 485 g/mol. The van der Waals surface area contributed by atoms with Crippen molar-refractivity contribution in [2.75, 3.05) is 33.9 Å². The van der Waals surface area contributed by atoms with Gasteiger partial charge in [-0.1, -0.05) is 36.4 Å². The second-order valence-electron chi connectivity index (χ2n) is 9.32. The van der Waals surface area contributed by atoms with E-state index in [1.807, 2.05) is 39.0 Å². The predicted molar refractivity (Wildman–Crippen MR) is 132 cm³/mol. The first kappa shape index (κ1) is 26.2. The van der Waals surface area contributed by atoms with Crippen molar-refractivity contribution in [3.63, 3.8) is 0 Å². The minimum absolute atomic E-state index is 0.217. The maximum Gasteiger partial charge on any atom is 0.318 e. The Morgan fingerprint density at radius 1 is 1.14 bits per heavy atom. The molecule has 1 aliphatic heterocycles. The van der Waals surface area contributed by atoms with Crippen LogP contribution < -0.4 is 10.1 Å². The number of hydrogen-bond acceptors (Lipinski definition) is 5. The van der Waals surface area contributed by atoms with Gasteiger partial charge in [-0.3, -0.25) is 4.79 Å². The summed E-state index contributed by atoms with van der Waals surface area (Å²) in [7, 11) is 3.09. The highest BCUT2D eigenvalue weighted by atomic mass is 19.1. The summed E-state index contributed by atoms with van der Waals surface area (Å²) in [4.78, 5) is 27.8. The molecule has 0 saturated carbocycles. The van der Waals surface area contributed by atoms with Crippen LogP contribution in [0, 0.1) is 5.82 Å². The molecule has 0 aliphatic carbocycles. The summed E-state index contributed by atoms with van der Waals surface area (Å²) in [6, 6.07) is 12.8. The third-order valence-corrected chi connectivity index (χ3v) is 5.51. The van der Waals surface area contributed by atoms with Crippen LogP contribution in [-0.4, -0.2) is 67.0 Å². The van der Waals surface area contributed by atoms with Gasteiger partial charge in [-0.25, -0.2) is 14.2 Å². The summed E-state index contributed by atoms with van der Waals surface area (Å²) in [6.45, 7) is 5.87. The Balaban J connectivity index is 1.94. The summed E-state index contributed by atoms with van der Waals surface area (Å²) < 4.78 is 25.2. The van der Waals surface area contributed by atoms with Crippen molar-refractivity contribution in [2.24, 2.45) is 5.10 Å². The van der Waals surface area contributed by atoms with Gasteiger partial charge < -0.3 is 19.7 Å². The van der Waals surface area contributed by atoms with E-state index in [-0.39, 0.29) is 25.7 Å². The number of hydrogen-bond donors (Lipinski definition) is 1. The Morgan fingerprint density at radius 3 is 2.49 bits per heavy atom. The Bertz CT molecular complexity index is 1080. The van der Waals surface area contributed by atoms with Crippen molar-refractivity contribution < 1.29 is 23.5 Å². The summed E-state index contributed by atoms with van der Waals surface area (Å²) in [5.74, 6) is -0.208. The Labute approximate surface area is 205 Å². The van der Waals surface area contributed by atoms with Crippen molar-refractivity contribution in [2.45, 2.75) is 38.8 Å². The molecular weight excluding hydrogens is 451 g/mol. The smallest absolute Gasteiger partial charge is 0.318 e. The van der Waals surface area contributed by atoms with Gasteiger partial charge in [0.25, 0.3) is 5.91 Å². The molecular formula is C26H33FN4O4. The van der Waals surface area contributed by atoms with Gasteiger partial charge in [0.05, 0.1) is 25.5 Å². The van der Waals surface area contributed by atoms with Gasteiger partial charge in [0, 0.05) is 36.7 Å². The summed E-state index contributed by atoms with van der Waals surface area (Å²) in [5.41, 5.74) is 1.07. The van der Waals surface area contributed by atoms with Crippen molar-refractivity contribution in [3.8, 4) is 5.75 Å². The van der Waals surface area contributed by atoms with Gasteiger partial charge in [-0.05, 0) is 32.9 Å². The van der Waals surface area contributed by atoms with E-state index in [1.54, 1.807) is 31.4 Å². The van der Waals surface area contributed by atoms with Gasteiger partial charge in [-0.15, -0.1) is 0 Å². The van der Waals surface area contributed by atoms with E-state index < -0.39 is 23.3 Å². The zero-order valence-corrected chi connectivity index (χ0v) is 20.9. The number of carbonyl (C=O) groups is 2. The van der Waals surface area contributed by atoms with E-state index in [0.29, 0.717) is 23.4 Å². The van der Waals surface area contributed by atoms with E-state index in [1.165, 1.54) is 23.1 Å². The molecule has 188 valence electrons. The van der Waals surface area contributed by atoms with Crippen LogP contribution in [0.15, 0.2) is 53.6 Å². The molecule has 0 aromatic heterocycles. The van der Waals surface area contributed by atoms with E-state index in [4.69, 9.17) is 9.47 Å². The molecule has 9 heteroatoms. The first-order chi connectivity index (χ1) is 16.6. The summed E-state index contributed by atoms with van der Waals surface area (Å²) in [5, 5.41) is 8.75. The normalized spacial score (nSPS) is 15.5. The molecule has 0 bridgehead atoms. The molecule has 0 saturated heterocycles. The molecule has 3 rings (SSSR count). The van der Waals surface area contributed by atoms with E-state index >= 15 is 0 Å². The van der Waals surface area contributed by atoms with Gasteiger partial charge in [0.2, 0.25) is 0 Å². The molecule has 8 nitrogen and oxygen atoms in total. The van der Waals surface area contributed by atoms with Crippen LogP contribution in [0.25, 0.3) is 0 Å². The number of rotatable bonds is 8. The molecule has 1 atom stereocenters. The lowest BCUT2D eigenvalue weighted by Crippen LogP contribution is -2.52. The third-order valence-electron chi connectivity index (χ3n) is 5.51. The molecule has 0 radical (unpaired) electrons. The third kappa shape index (κ3) is 6.57. The highest BCUT2D eigenvalue weighted by molar-refractivity contribution is 6.03. The van der Waals surface area contributed by atoms with Crippen LogP contribution in [0.4, 0.5) is 9.18 Å². The largest absolute Gasteiger partial charge is 0.496 e. The molecule has 2 aromatic carbocycles. The first-order valence-electron chi connectivity index (χ1n) is 11.5. The molecule has 0 spiro atoms. The lowest BCUT2D eigenvalue weighted by molar-refractivity contribution is -0.133. The Kier molecular flexibility index (Phi) is 8.45. The van der Waals surface area contributed by atoms with Gasteiger partial charge >= 0.3 is 6.03 Å². The number of nitrogens with one attached hydrogen (secondary N) is 1. The number of urea groups is 1. The Morgan fingerprint density at radius 2 is 1.83 bits per heavy atom. The number of amides is 3. The van der Waals surface area contributed by atoms with Crippen molar-refractivity contribution in [1.29, 1.82) is 0 Å². The molecule has 1 aliphatic rings. The fraction of sp³-hybridized carbons (Fsp3) is 0.423. The monoisotopic (exact) mass is 484 g/mol. The molecule has 0 fully saturated rings. The topological polar surface area (TPSA) is 83.5 Å². The quantitative estimate of drug-likeness (QED) is 0.615. The standard InChI is InChI=1S/C26H33FN4O4/c1-26(2,3)28-25(33)30(14-15-34-4)17-24(32)31-22(19-11-7-9-13-23(19)35-5)16-21(29-31)18-10-6-8-12-20(18)27/h6-13,22H,14-17H2,1-5H3,(H,28,33). The second-order valence-corrected chi connectivity index (χ2v) is 9.32. The maximum absolute atomic E-state index is 14.6. The van der Waals surface area contributed by atoms with Crippen LogP contribution in [0.5, 0.6) is 5.75 Å². The molecule has 1 heterocycles. The first-order valence-corrected chi connectivity index (χ1v) is 11.5. The van der Waals surface area contributed by atoms with Crippen molar-refractivity contribution >= 4 is 17.6 Å². The average Bonchev–Trinajstić information content (AvgIpc) is 3.26. The number of carbonyl (C=O) groups excluding carboxylic acids is 2. The zero-order chi connectivity index (χ0) is 25.6. The molecule has 2 aromatic rings. The number of hydrazone groups is 1. The number of nitrogens with zero attached hydrogens (tertiary/aromatic N) is 3. The SMILES string of the molecule is COCCN(CC(=O)N1N=C(c2ccccc2F)CC1c1ccccc1OC)C(=O)NC(C)(C)C. The number of para-hydroxylation sites is 1. The minimum Gasteiger partial charge on any atom is -0.496 e. The van der Waals surface area contributed by atoms with Crippen LogP contribution in [-0.2, 0) is 9.53 Å². The highest BCUT2D eigenvalue weighted by Gasteiger charge is 2.36. The molecule has 1 N–H and O–H groups in total. The van der Waals surface area contributed by atoms with Crippen LogP contribution in [0.3, 0.4) is 0 Å². The van der Waals surface area contributed by atoms with Gasteiger partial charge in [-0.2, -0.15) is 5.10 Å². The number of methoxy groups -OCH3 is 2. The predicted octanol–water partition coefficient (Wildman–Crippen LogP) is 3.97. The zero-order valence-electron chi connectivity index (χ0n) is 20.9. The van der Waals surface area contributed by atoms with E-state index in [0.717, 1.165) is 5.56 Å². The highest BCUT2D eigenvalue weighted by Crippen LogP contribution is 2.37. The number of benzene rings is 2. The lowest BCUT2D eigenvalue weighted by Gasteiger charge is -2.30. The second kappa shape index (κ2) is 11.3. The van der Waals surface area contributed by atoms with Crippen LogP contribution in [0.1, 0.15) is 44.4 Å². The van der Waals surface area contributed by atoms with E-state index in [2.05, 4.69) is 10.4 Å². The van der Waals surface area contributed by atoms with Crippen molar-refractivity contribution in [3.05, 3.63) is 65.5 Å². The van der Waals surface area contributed by atoms with Gasteiger partial charge in [0.1, 0.15) is 18.1 Å². The van der Waals surface area contributed by atoms with E-state index in [9.17, 15) is 14.0 Å². The molecule has 3 amide bonds. The number of ether oxygens (including phenoxy) is 2. The van der Waals surface area contributed by atoms with Crippen molar-refractivity contribution in [1.82, 2.24) is 15.2 Å². The van der Waals surface area contributed by atoms with Gasteiger partial charge in [0.15, 0.2) is 0 Å². The summed E-state index contributed by atoms with van der Waals surface area (Å²) in [6.07, 6.45) is 0.305. The molecule has 1 unspecified atom stereocenters. The minimum atomic E-state index is -0.511.